The van der Waals surface area contributed by atoms with Gasteiger partial charge in [0.05, 0.1) is 0 Å². The average Bonchev–Trinajstić information content (AvgIpc) is 2.86. The zero-order chi connectivity index (χ0) is 13.2. The lowest BCUT2D eigenvalue weighted by molar-refractivity contribution is 0.436. The van der Waals surface area contributed by atoms with Crippen molar-refractivity contribution in [3.63, 3.8) is 0 Å². The molecule has 0 aliphatic carbocycles. The smallest absolute Gasteiger partial charge is 0.169 e. The molecular weight excluding hydrogens is 280 g/mol. The van der Waals surface area contributed by atoms with Crippen LogP contribution in [-0.4, -0.2) is 16.7 Å². The SMILES string of the molecule is Nc1cc(-c2ccc(C3CCSCC3)c(Cl)c2)on1. The Bertz CT molecular complexity index is 579. The molecule has 1 saturated heterocycles. The number of aromatic nitrogens is 1. The number of thioether (sulfide) groups is 1. The number of nitrogen functional groups attached to an aromatic ring is 1. The first-order valence-corrected chi connectivity index (χ1v) is 7.87. The topological polar surface area (TPSA) is 52.0 Å². The van der Waals surface area contributed by atoms with Crippen molar-refractivity contribution in [1.29, 1.82) is 0 Å². The second-order valence-corrected chi connectivity index (χ2v) is 6.37. The summed E-state index contributed by atoms with van der Waals surface area (Å²) in [6, 6.07) is 7.79. The lowest BCUT2D eigenvalue weighted by atomic mass is 9.92. The van der Waals surface area contributed by atoms with E-state index in [1.807, 2.05) is 23.9 Å². The van der Waals surface area contributed by atoms with Crippen LogP contribution in [0.15, 0.2) is 28.8 Å². The number of anilines is 1. The molecule has 0 radical (unpaired) electrons. The van der Waals surface area contributed by atoms with E-state index in [0.29, 0.717) is 17.5 Å². The van der Waals surface area contributed by atoms with E-state index in [4.69, 9.17) is 21.9 Å². The monoisotopic (exact) mass is 294 g/mol. The summed E-state index contributed by atoms with van der Waals surface area (Å²) in [6.45, 7) is 0. The van der Waals surface area contributed by atoms with Gasteiger partial charge in [0.25, 0.3) is 0 Å². The van der Waals surface area contributed by atoms with E-state index < -0.39 is 0 Å². The molecule has 1 aliphatic heterocycles. The van der Waals surface area contributed by atoms with Crippen LogP contribution in [0, 0.1) is 0 Å². The van der Waals surface area contributed by atoms with Gasteiger partial charge in [-0.15, -0.1) is 0 Å². The van der Waals surface area contributed by atoms with Gasteiger partial charge in [-0.05, 0) is 41.9 Å². The summed E-state index contributed by atoms with van der Waals surface area (Å²) in [5.41, 5.74) is 7.73. The highest BCUT2D eigenvalue weighted by molar-refractivity contribution is 7.99. The number of halogens is 1. The van der Waals surface area contributed by atoms with Crippen molar-refractivity contribution < 1.29 is 4.52 Å². The van der Waals surface area contributed by atoms with Crippen LogP contribution in [0.25, 0.3) is 11.3 Å². The third-order valence-electron chi connectivity index (χ3n) is 3.47. The largest absolute Gasteiger partial charge is 0.381 e. The molecule has 0 saturated carbocycles. The first kappa shape index (κ1) is 12.9. The predicted octanol–water partition coefficient (Wildman–Crippen LogP) is 4.19. The summed E-state index contributed by atoms with van der Waals surface area (Å²) in [7, 11) is 0. The molecule has 2 aromatic rings. The zero-order valence-electron chi connectivity index (χ0n) is 10.4. The highest BCUT2D eigenvalue weighted by atomic mass is 35.5. The Morgan fingerprint density at radius 2 is 2.05 bits per heavy atom. The van der Waals surface area contributed by atoms with Crippen molar-refractivity contribution in [3.05, 3.63) is 34.9 Å². The van der Waals surface area contributed by atoms with E-state index in [1.54, 1.807) is 6.07 Å². The van der Waals surface area contributed by atoms with Crippen LogP contribution < -0.4 is 5.73 Å². The molecule has 2 heterocycles. The van der Waals surface area contributed by atoms with Gasteiger partial charge < -0.3 is 10.3 Å². The number of nitrogens with zero attached hydrogens (tertiary/aromatic N) is 1. The first-order chi connectivity index (χ1) is 9.24. The predicted molar refractivity (Wildman–Crippen MR) is 80.7 cm³/mol. The maximum absolute atomic E-state index is 6.42. The number of benzene rings is 1. The second kappa shape index (κ2) is 5.47. The number of hydrogen-bond donors (Lipinski definition) is 1. The Balaban J connectivity index is 1.89. The molecule has 1 aromatic carbocycles. The number of hydrogen-bond acceptors (Lipinski definition) is 4. The van der Waals surface area contributed by atoms with Crippen molar-refractivity contribution in [2.75, 3.05) is 17.2 Å². The zero-order valence-corrected chi connectivity index (χ0v) is 12.0. The van der Waals surface area contributed by atoms with Crippen molar-refractivity contribution in [2.45, 2.75) is 18.8 Å². The Kier molecular flexibility index (Phi) is 3.71. The van der Waals surface area contributed by atoms with Gasteiger partial charge in [0.2, 0.25) is 0 Å². The number of rotatable bonds is 2. The molecule has 0 amide bonds. The minimum Gasteiger partial charge on any atom is -0.381 e. The second-order valence-electron chi connectivity index (χ2n) is 4.74. The summed E-state index contributed by atoms with van der Waals surface area (Å²) >= 11 is 8.44. The van der Waals surface area contributed by atoms with Crippen LogP contribution in [0.4, 0.5) is 5.82 Å². The fourth-order valence-electron chi connectivity index (χ4n) is 2.45. The molecule has 1 aliphatic rings. The van der Waals surface area contributed by atoms with E-state index >= 15 is 0 Å². The molecule has 0 unspecified atom stereocenters. The van der Waals surface area contributed by atoms with Gasteiger partial charge in [-0.3, -0.25) is 0 Å². The fraction of sp³-hybridized carbons (Fsp3) is 0.357. The van der Waals surface area contributed by atoms with Gasteiger partial charge in [-0.25, -0.2) is 0 Å². The average molecular weight is 295 g/mol. The molecule has 1 fully saturated rings. The van der Waals surface area contributed by atoms with Crippen molar-refractivity contribution in [3.8, 4) is 11.3 Å². The van der Waals surface area contributed by atoms with E-state index in [-0.39, 0.29) is 0 Å². The molecule has 100 valence electrons. The molecule has 0 spiro atoms. The fourth-order valence-corrected chi connectivity index (χ4v) is 3.89. The lowest BCUT2D eigenvalue weighted by Crippen LogP contribution is -2.08. The van der Waals surface area contributed by atoms with Gasteiger partial charge in [-0.2, -0.15) is 11.8 Å². The van der Waals surface area contributed by atoms with Gasteiger partial charge in [0.15, 0.2) is 11.6 Å². The normalized spacial score (nSPS) is 16.7. The van der Waals surface area contributed by atoms with E-state index in [2.05, 4.69) is 11.2 Å². The van der Waals surface area contributed by atoms with Crippen LogP contribution in [0.5, 0.6) is 0 Å². The molecule has 0 atom stereocenters. The Labute approximate surface area is 121 Å². The number of nitrogens with two attached hydrogens (primary N) is 1. The maximum atomic E-state index is 6.42. The summed E-state index contributed by atoms with van der Waals surface area (Å²) < 4.78 is 5.15. The molecule has 5 heteroatoms. The van der Waals surface area contributed by atoms with Crippen molar-refractivity contribution in [2.24, 2.45) is 0 Å². The third kappa shape index (κ3) is 2.74. The standard InChI is InChI=1S/C14H15ClN2OS/c15-12-7-10(13-8-14(16)17-18-13)1-2-11(12)9-3-5-19-6-4-9/h1-2,7-9H,3-6H2,(H2,16,17). The quantitative estimate of drug-likeness (QED) is 0.902. The first-order valence-electron chi connectivity index (χ1n) is 6.34. The van der Waals surface area contributed by atoms with Crippen LogP contribution >= 0.6 is 23.4 Å². The Hall–Kier alpha value is -1.13. The van der Waals surface area contributed by atoms with Crippen LogP contribution in [-0.2, 0) is 0 Å². The summed E-state index contributed by atoms with van der Waals surface area (Å²) in [6.07, 6.45) is 2.41. The van der Waals surface area contributed by atoms with Crippen molar-refractivity contribution >= 4 is 29.2 Å². The molecule has 3 nitrogen and oxygen atoms in total. The van der Waals surface area contributed by atoms with Crippen LogP contribution in [0.2, 0.25) is 5.02 Å². The van der Waals surface area contributed by atoms with Gasteiger partial charge in [-0.1, -0.05) is 28.9 Å². The van der Waals surface area contributed by atoms with Gasteiger partial charge in [0, 0.05) is 16.7 Å². The van der Waals surface area contributed by atoms with Crippen molar-refractivity contribution in [1.82, 2.24) is 5.16 Å². The Morgan fingerprint density at radius 1 is 1.26 bits per heavy atom. The van der Waals surface area contributed by atoms with Crippen LogP contribution in [0.1, 0.15) is 24.3 Å². The molecule has 1 aromatic heterocycles. The highest BCUT2D eigenvalue weighted by Gasteiger charge is 2.19. The Morgan fingerprint density at radius 3 is 2.68 bits per heavy atom. The van der Waals surface area contributed by atoms with E-state index in [0.717, 1.165) is 10.6 Å². The third-order valence-corrected chi connectivity index (χ3v) is 4.85. The van der Waals surface area contributed by atoms with Gasteiger partial charge >= 0.3 is 0 Å². The lowest BCUT2D eigenvalue weighted by Gasteiger charge is -2.22. The maximum Gasteiger partial charge on any atom is 0.169 e. The highest BCUT2D eigenvalue weighted by Crippen LogP contribution is 2.37. The van der Waals surface area contributed by atoms with E-state index in [1.165, 1.54) is 29.9 Å². The molecular formula is C14H15ClN2OS. The molecule has 3 rings (SSSR count). The summed E-state index contributed by atoms with van der Waals surface area (Å²) in [5.74, 6) is 4.08. The van der Waals surface area contributed by atoms with E-state index in [9.17, 15) is 0 Å². The minimum atomic E-state index is 0.388. The molecule has 0 bridgehead atoms. The minimum absolute atomic E-state index is 0.388. The summed E-state index contributed by atoms with van der Waals surface area (Å²) in [5, 5.41) is 4.50. The molecule has 2 N–H and O–H groups in total. The van der Waals surface area contributed by atoms with Crippen LogP contribution in [0.3, 0.4) is 0 Å². The summed E-state index contributed by atoms with van der Waals surface area (Å²) in [4.78, 5) is 0. The van der Waals surface area contributed by atoms with Gasteiger partial charge in [0.1, 0.15) is 0 Å². The molecule has 19 heavy (non-hydrogen) atoms.